The number of aromatic nitrogens is 1. The van der Waals surface area contributed by atoms with E-state index in [2.05, 4.69) is 20.4 Å². The fraction of sp³-hybridized carbons (Fsp3) is 0.471. The number of hydrogen-bond donors (Lipinski definition) is 5. The molecule has 1 heterocycles. The van der Waals surface area contributed by atoms with E-state index in [1.54, 1.807) is 32.9 Å². The number of hydrogen-bond acceptors (Lipinski definition) is 5. The first-order chi connectivity index (χ1) is 23.4. The van der Waals surface area contributed by atoms with Crippen molar-refractivity contribution in [3.05, 3.63) is 63.3 Å². The number of primary amides is 1. The van der Waals surface area contributed by atoms with E-state index in [1.165, 1.54) is 18.2 Å². The number of aryl methyl sites for hydroxylation is 1. The molecule has 1 aliphatic rings. The van der Waals surface area contributed by atoms with Crippen LogP contribution in [-0.4, -0.2) is 62.8 Å². The van der Waals surface area contributed by atoms with Crippen molar-refractivity contribution in [3.8, 4) is 5.75 Å². The number of amides is 4. The maximum Gasteiger partial charge on any atom is 0.573 e. The van der Waals surface area contributed by atoms with Crippen LogP contribution in [0.1, 0.15) is 63.8 Å². The lowest BCUT2D eigenvalue weighted by molar-refractivity contribution is -0.275. The molecule has 0 saturated heterocycles. The fourth-order valence-electron chi connectivity index (χ4n) is 6.40. The van der Waals surface area contributed by atoms with Crippen LogP contribution in [0.2, 0.25) is 10.0 Å². The van der Waals surface area contributed by atoms with Gasteiger partial charge in [-0.2, -0.15) is 0 Å². The zero-order chi connectivity index (χ0) is 37.1. The van der Waals surface area contributed by atoms with Gasteiger partial charge in [0.15, 0.2) is 0 Å². The number of H-pyrrole nitrogens is 1. The first-order valence-electron chi connectivity index (χ1n) is 16.1. The van der Waals surface area contributed by atoms with E-state index in [0.717, 1.165) is 16.7 Å². The lowest BCUT2D eigenvalue weighted by Crippen LogP contribution is -2.67. The van der Waals surface area contributed by atoms with Gasteiger partial charge in [0, 0.05) is 28.1 Å². The van der Waals surface area contributed by atoms with Gasteiger partial charge in [0.25, 0.3) is 0 Å². The summed E-state index contributed by atoms with van der Waals surface area (Å²) in [4.78, 5) is 58.1. The van der Waals surface area contributed by atoms with Crippen LogP contribution < -0.4 is 21.1 Å². The molecule has 6 N–H and O–H groups in total. The monoisotopic (exact) mass is 741 g/mol. The molecule has 3 aromatic rings. The second-order valence-corrected chi connectivity index (χ2v) is 13.6. The molecule has 0 bridgehead atoms. The molecular weight excluding hydrogens is 702 g/mol. The van der Waals surface area contributed by atoms with Crippen molar-refractivity contribution >= 4 is 57.9 Å². The summed E-state index contributed by atoms with van der Waals surface area (Å²) in [5.74, 6) is -3.98. The molecule has 4 amide bonds. The van der Waals surface area contributed by atoms with Crippen LogP contribution in [0.4, 0.5) is 18.0 Å². The van der Waals surface area contributed by atoms with Gasteiger partial charge in [0.05, 0.1) is 17.1 Å². The zero-order valence-electron chi connectivity index (χ0n) is 27.9. The number of carbonyl (C=O) groups is 4. The summed E-state index contributed by atoms with van der Waals surface area (Å²) in [6.07, 6.45) is -5.65. The molecule has 0 spiro atoms. The van der Waals surface area contributed by atoms with Crippen LogP contribution in [0, 0.1) is 11.8 Å². The summed E-state index contributed by atoms with van der Waals surface area (Å²) >= 11 is 12.8. The van der Waals surface area contributed by atoms with Crippen molar-refractivity contribution in [2.45, 2.75) is 90.3 Å². The van der Waals surface area contributed by atoms with Crippen molar-refractivity contribution in [3.63, 3.8) is 0 Å². The maximum atomic E-state index is 14.5. The topological polar surface area (TPSA) is 167 Å². The first kappa shape index (κ1) is 38.6. The Bertz CT molecular complexity index is 1770. The van der Waals surface area contributed by atoms with Gasteiger partial charge in [-0.05, 0) is 48.4 Å². The Labute approximate surface area is 297 Å². The Morgan fingerprint density at radius 2 is 1.76 bits per heavy atom. The van der Waals surface area contributed by atoms with E-state index >= 15 is 0 Å². The Hall–Kier alpha value is -4.17. The van der Waals surface area contributed by atoms with E-state index in [4.69, 9.17) is 28.9 Å². The van der Waals surface area contributed by atoms with Gasteiger partial charge in [-0.15, -0.1) is 13.2 Å². The number of nitrogens with zero attached hydrogens (tertiary/aromatic N) is 1. The van der Waals surface area contributed by atoms with Crippen LogP contribution in [0.15, 0.2) is 36.4 Å². The lowest BCUT2D eigenvalue weighted by Gasteiger charge is -2.41. The molecule has 5 atom stereocenters. The number of ether oxygens (including phenoxy) is 1. The average molecular weight is 743 g/mol. The number of carboxylic acid groups (broad SMARTS) is 1. The molecule has 272 valence electrons. The summed E-state index contributed by atoms with van der Waals surface area (Å²) in [7, 11) is 0. The first-order valence-corrected chi connectivity index (χ1v) is 16.9. The molecule has 2 aromatic carbocycles. The minimum atomic E-state index is -5.05. The van der Waals surface area contributed by atoms with Crippen molar-refractivity contribution in [1.29, 1.82) is 0 Å². The van der Waals surface area contributed by atoms with Crippen LogP contribution >= 0.6 is 23.2 Å². The zero-order valence-corrected chi connectivity index (χ0v) is 29.4. The highest BCUT2D eigenvalue weighted by atomic mass is 35.5. The molecule has 0 aliphatic heterocycles. The summed E-state index contributed by atoms with van der Waals surface area (Å²) in [5.41, 5.74) is 5.79. The molecule has 11 nitrogen and oxygen atoms in total. The molecule has 0 saturated carbocycles. The van der Waals surface area contributed by atoms with Crippen LogP contribution in [0.25, 0.3) is 10.9 Å². The Morgan fingerprint density at radius 3 is 2.36 bits per heavy atom. The Kier molecular flexibility index (Phi) is 11.9. The summed E-state index contributed by atoms with van der Waals surface area (Å²) in [6, 6.07) is 5.73. The van der Waals surface area contributed by atoms with Crippen molar-refractivity contribution in [2.24, 2.45) is 17.6 Å². The van der Waals surface area contributed by atoms with E-state index in [0.29, 0.717) is 39.4 Å². The van der Waals surface area contributed by atoms with Crippen LogP contribution in [0.5, 0.6) is 5.75 Å². The van der Waals surface area contributed by atoms with Crippen LogP contribution in [-0.2, 0) is 33.8 Å². The number of benzene rings is 2. The summed E-state index contributed by atoms with van der Waals surface area (Å²) < 4.78 is 43.7. The Balaban J connectivity index is 1.79. The minimum Gasteiger partial charge on any atom is -0.465 e. The van der Waals surface area contributed by atoms with E-state index in [-0.39, 0.29) is 30.7 Å². The maximum absolute atomic E-state index is 14.5. The number of alkyl halides is 3. The normalized spacial score (nSPS) is 18.3. The molecule has 2 unspecified atom stereocenters. The van der Waals surface area contributed by atoms with E-state index < -0.39 is 66.0 Å². The number of halogens is 5. The molecule has 50 heavy (non-hydrogen) atoms. The largest absolute Gasteiger partial charge is 0.573 e. The van der Waals surface area contributed by atoms with Crippen molar-refractivity contribution in [2.75, 3.05) is 0 Å². The highest BCUT2D eigenvalue weighted by molar-refractivity contribution is 6.38. The van der Waals surface area contributed by atoms with Crippen LogP contribution in [0.3, 0.4) is 0 Å². The van der Waals surface area contributed by atoms with Gasteiger partial charge in [-0.1, -0.05) is 81.9 Å². The molecule has 1 aliphatic carbocycles. The number of nitrogens with one attached hydrogen (secondary N) is 3. The lowest BCUT2D eigenvalue weighted by atomic mass is 9.78. The second kappa shape index (κ2) is 15.4. The number of carbonyl (C=O) groups excluding carboxylic acids is 3. The summed E-state index contributed by atoms with van der Waals surface area (Å²) in [6.45, 7) is 6.29. The fourth-order valence-corrected chi connectivity index (χ4v) is 6.95. The van der Waals surface area contributed by atoms with E-state index in [1.807, 2.05) is 6.92 Å². The molecular formula is C34H40Cl2F3N5O6. The smallest absolute Gasteiger partial charge is 0.465 e. The van der Waals surface area contributed by atoms with Gasteiger partial charge in [0.1, 0.15) is 23.4 Å². The molecule has 16 heteroatoms. The predicted molar refractivity (Wildman–Crippen MR) is 182 cm³/mol. The number of para-hydroxylation sites is 1. The third-order valence-electron chi connectivity index (χ3n) is 9.48. The molecule has 0 radical (unpaired) electrons. The number of rotatable bonds is 13. The van der Waals surface area contributed by atoms with Gasteiger partial charge < -0.3 is 31.2 Å². The SMILES string of the molecule is CC[C@H](C)C(NC(=O)[C@@]1(NC(=O)C([C@@H](C)CC)N(Cc2ccccc2OC(F)(F)F)C(=O)O)CCc2[nH]c3c(Cl)cc(Cl)cc3c2C1)C(N)=O. The van der Waals surface area contributed by atoms with Crippen molar-refractivity contribution in [1.82, 2.24) is 20.5 Å². The quantitative estimate of drug-likeness (QED) is 0.137. The third-order valence-corrected chi connectivity index (χ3v) is 9.99. The average Bonchev–Trinajstić information content (AvgIpc) is 3.40. The predicted octanol–water partition coefficient (Wildman–Crippen LogP) is 6.33. The van der Waals surface area contributed by atoms with Gasteiger partial charge in [-0.3, -0.25) is 19.3 Å². The van der Waals surface area contributed by atoms with Gasteiger partial charge in [0.2, 0.25) is 17.7 Å². The standard InChI is InChI=1S/C34H40Cl2F3N5O6/c1-5-17(3)26(29(40)45)42-31(47)33(12-11-24-22(15-33)21-13-20(35)14-23(36)27(21)41-24)43-30(46)28(18(4)6-2)44(32(48)49)16-19-9-7-8-10-25(19)50-34(37,38)39/h7-10,13-14,17-18,26,28,41H,5-6,11-12,15-16H2,1-4H3,(H2,40,45)(H,42,47)(H,43,46)(H,48,49)/t17-,18-,26?,28?,33+/m0/s1. The highest BCUT2D eigenvalue weighted by Gasteiger charge is 2.48. The van der Waals surface area contributed by atoms with Gasteiger partial charge >= 0.3 is 12.5 Å². The molecule has 1 aromatic heterocycles. The highest BCUT2D eigenvalue weighted by Crippen LogP contribution is 2.39. The number of nitrogens with two attached hydrogens (primary N) is 1. The van der Waals surface area contributed by atoms with E-state index in [9.17, 15) is 37.5 Å². The summed E-state index contributed by atoms with van der Waals surface area (Å²) in [5, 5.41) is 17.2. The van der Waals surface area contributed by atoms with Crippen molar-refractivity contribution < 1.29 is 42.2 Å². The second-order valence-electron chi connectivity index (χ2n) is 12.8. The molecule has 0 fully saturated rings. The molecule has 4 rings (SSSR count). The number of aromatic amines is 1. The third kappa shape index (κ3) is 8.40. The minimum absolute atomic E-state index is 0.0320. The number of fused-ring (bicyclic) bond motifs is 3. The van der Waals surface area contributed by atoms with Gasteiger partial charge in [-0.25, -0.2) is 4.79 Å². The Morgan fingerprint density at radius 1 is 1.10 bits per heavy atom.